The Labute approximate surface area is 256 Å². The largest absolute Gasteiger partial charge is 0.359 e. The summed E-state index contributed by atoms with van der Waals surface area (Å²) in [6.07, 6.45) is 9.19. The average molecular weight is 636 g/mol. The van der Waals surface area contributed by atoms with Gasteiger partial charge in [0.2, 0.25) is 17.7 Å². The van der Waals surface area contributed by atoms with Crippen LogP contribution < -0.4 is 10.6 Å². The zero-order valence-corrected chi connectivity index (χ0v) is 25.6. The molecule has 2 aromatic carbocycles. The van der Waals surface area contributed by atoms with Crippen molar-refractivity contribution in [2.75, 3.05) is 25.5 Å². The zero-order chi connectivity index (χ0) is 29.3. The second kappa shape index (κ2) is 12.3. The molecule has 2 bridgehead atoms. The highest BCUT2D eigenvalue weighted by atomic mass is 79.9. The standard InChI is InChI=1S/C33H39BrN4O4/c1-37(21-22-9-4-2-5-10-22)19-8-20-38-29(31(40)36-24-11-6-3-7-12-24)33-18-17-26(42-33)27(28(33)32(38)41)30(39)35-25-15-13-23(34)14-16-25/h2,4-5,9-10,13-18,24,26-29H,3,6-8,11-12,19-21H2,1H3,(H,35,39)(H,36,40)/t26-,27-,28-,29+,33+/m1/s1. The van der Waals surface area contributed by atoms with E-state index in [4.69, 9.17) is 4.74 Å². The van der Waals surface area contributed by atoms with Gasteiger partial charge in [-0.25, -0.2) is 0 Å². The first-order chi connectivity index (χ1) is 20.4. The summed E-state index contributed by atoms with van der Waals surface area (Å²) in [5.74, 6) is -2.06. The van der Waals surface area contributed by atoms with Gasteiger partial charge in [0.1, 0.15) is 11.6 Å². The minimum absolute atomic E-state index is 0.106. The molecule has 42 heavy (non-hydrogen) atoms. The second-order valence-corrected chi connectivity index (χ2v) is 13.1. The van der Waals surface area contributed by atoms with Crippen molar-refractivity contribution in [2.45, 2.75) is 68.9 Å². The zero-order valence-electron chi connectivity index (χ0n) is 24.0. The van der Waals surface area contributed by atoms with Crippen LogP contribution in [0.15, 0.2) is 71.2 Å². The van der Waals surface area contributed by atoms with Crippen LogP contribution in [0.2, 0.25) is 0 Å². The van der Waals surface area contributed by atoms with Gasteiger partial charge in [0.25, 0.3) is 0 Å². The monoisotopic (exact) mass is 634 g/mol. The highest BCUT2D eigenvalue weighted by molar-refractivity contribution is 9.10. The van der Waals surface area contributed by atoms with Crippen LogP contribution in [0.1, 0.15) is 44.1 Å². The van der Waals surface area contributed by atoms with Gasteiger partial charge in [0, 0.05) is 29.3 Å². The average Bonchev–Trinajstić information content (AvgIpc) is 3.63. The molecule has 1 saturated carbocycles. The number of amides is 3. The molecule has 8 nitrogen and oxygen atoms in total. The van der Waals surface area contributed by atoms with Gasteiger partial charge >= 0.3 is 0 Å². The minimum atomic E-state index is -1.14. The normalized spacial score (nSPS) is 28.4. The third kappa shape index (κ3) is 5.66. The van der Waals surface area contributed by atoms with Crippen molar-refractivity contribution in [1.29, 1.82) is 0 Å². The van der Waals surface area contributed by atoms with Gasteiger partial charge in [0.05, 0.1) is 17.9 Å². The molecule has 2 N–H and O–H groups in total. The Hall–Kier alpha value is -3.01. The van der Waals surface area contributed by atoms with Crippen molar-refractivity contribution in [2.24, 2.45) is 11.8 Å². The lowest BCUT2D eigenvalue weighted by Crippen LogP contribution is -2.56. The van der Waals surface area contributed by atoms with E-state index in [9.17, 15) is 14.4 Å². The number of carbonyl (C=O) groups excluding carboxylic acids is 3. The molecule has 2 saturated heterocycles. The second-order valence-electron chi connectivity index (χ2n) is 12.1. The van der Waals surface area contributed by atoms with Gasteiger partial charge in [-0.05, 0) is 62.7 Å². The molecular formula is C33H39BrN4O4. The number of rotatable bonds is 10. The third-order valence-corrected chi connectivity index (χ3v) is 9.75. The van der Waals surface area contributed by atoms with E-state index in [-0.39, 0.29) is 23.8 Å². The summed E-state index contributed by atoms with van der Waals surface area (Å²) in [6.45, 7) is 1.99. The summed E-state index contributed by atoms with van der Waals surface area (Å²) in [4.78, 5) is 45.7. The van der Waals surface area contributed by atoms with Crippen LogP contribution >= 0.6 is 15.9 Å². The fraction of sp³-hybridized carbons (Fsp3) is 0.485. The van der Waals surface area contributed by atoms with Crippen LogP contribution in [0.25, 0.3) is 0 Å². The Balaban J connectivity index is 1.21. The minimum Gasteiger partial charge on any atom is -0.359 e. The summed E-state index contributed by atoms with van der Waals surface area (Å²) >= 11 is 3.42. The maximum atomic E-state index is 14.2. The van der Waals surface area contributed by atoms with Gasteiger partial charge in [-0.1, -0.05) is 77.7 Å². The Kier molecular flexibility index (Phi) is 8.52. The fourth-order valence-corrected chi connectivity index (χ4v) is 7.54. The van der Waals surface area contributed by atoms with Crippen LogP contribution in [0.4, 0.5) is 5.69 Å². The van der Waals surface area contributed by atoms with Crippen molar-refractivity contribution in [3.63, 3.8) is 0 Å². The van der Waals surface area contributed by atoms with E-state index in [0.29, 0.717) is 18.7 Å². The summed E-state index contributed by atoms with van der Waals surface area (Å²) in [7, 11) is 2.06. The number of hydrogen-bond acceptors (Lipinski definition) is 5. The summed E-state index contributed by atoms with van der Waals surface area (Å²) in [6, 6.07) is 16.9. The van der Waals surface area contributed by atoms with Crippen molar-refractivity contribution in [1.82, 2.24) is 15.1 Å². The number of nitrogens with zero attached hydrogens (tertiary/aromatic N) is 2. The van der Waals surface area contributed by atoms with Crippen molar-refractivity contribution in [3.8, 4) is 0 Å². The maximum Gasteiger partial charge on any atom is 0.246 e. The lowest BCUT2D eigenvalue weighted by molar-refractivity contribution is -0.141. The molecule has 1 aliphatic carbocycles. The van der Waals surface area contributed by atoms with Crippen LogP contribution in [-0.2, 0) is 25.7 Å². The fourth-order valence-electron chi connectivity index (χ4n) is 7.28. The third-order valence-electron chi connectivity index (χ3n) is 9.22. The van der Waals surface area contributed by atoms with Crippen LogP contribution in [0.5, 0.6) is 0 Å². The van der Waals surface area contributed by atoms with E-state index >= 15 is 0 Å². The Morgan fingerprint density at radius 3 is 2.52 bits per heavy atom. The number of benzene rings is 2. The topological polar surface area (TPSA) is 91.0 Å². The first kappa shape index (κ1) is 29.1. The number of ether oxygens (including phenoxy) is 1. The molecule has 6 rings (SSSR count). The maximum absolute atomic E-state index is 14.2. The molecule has 2 aromatic rings. The van der Waals surface area contributed by atoms with E-state index < -0.39 is 29.6 Å². The number of halogens is 1. The van der Waals surface area contributed by atoms with E-state index in [1.807, 2.05) is 54.6 Å². The first-order valence-corrected chi connectivity index (χ1v) is 15.9. The van der Waals surface area contributed by atoms with Crippen LogP contribution in [0.3, 0.4) is 0 Å². The molecule has 4 aliphatic rings. The lowest BCUT2D eigenvalue weighted by Gasteiger charge is -2.34. The molecule has 3 heterocycles. The van der Waals surface area contributed by atoms with E-state index in [0.717, 1.165) is 43.2 Å². The SMILES string of the molecule is CN(CCCN1C(=O)[C@H]2[C@H](C(=O)Nc3ccc(Br)cc3)[C@H]3C=C[C@@]2(O3)[C@@H]1C(=O)NC1CCCCC1)Cc1ccccc1. The number of anilines is 1. The predicted octanol–water partition coefficient (Wildman–Crippen LogP) is 4.51. The molecule has 3 fully saturated rings. The summed E-state index contributed by atoms with van der Waals surface area (Å²) in [5.41, 5.74) is 0.739. The Morgan fingerprint density at radius 2 is 1.79 bits per heavy atom. The van der Waals surface area contributed by atoms with Crippen molar-refractivity contribution < 1.29 is 19.1 Å². The number of fused-ring (bicyclic) bond motifs is 1. The van der Waals surface area contributed by atoms with Crippen LogP contribution in [0, 0.1) is 11.8 Å². The molecule has 5 atom stereocenters. The number of carbonyl (C=O) groups is 3. The molecule has 9 heteroatoms. The number of hydrogen-bond donors (Lipinski definition) is 2. The molecule has 3 amide bonds. The Bertz CT molecular complexity index is 1330. The van der Waals surface area contributed by atoms with Crippen molar-refractivity contribution in [3.05, 3.63) is 76.8 Å². The molecule has 3 aliphatic heterocycles. The Morgan fingerprint density at radius 1 is 1.05 bits per heavy atom. The molecule has 222 valence electrons. The molecule has 0 aromatic heterocycles. The van der Waals surface area contributed by atoms with Gasteiger partial charge in [-0.3, -0.25) is 14.4 Å². The van der Waals surface area contributed by atoms with E-state index in [1.165, 1.54) is 12.0 Å². The van der Waals surface area contributed by atoms with E-state index in [2.05, 4.69) is 50.6 Å². The predicted molar refractivity (Wildman–Crippen MR) is 164 cm³/mol. The quantitative estimate of drug-likeness (QED) is 0.375. The van der Waals surface area contributed by atoms with Crippen molar-refractivity contribution >= 4 is 39.3 Å². The van der Waals surface area contributed by atoms with Gasteiger partial charge in [0.15, 0.2) is 0 Å². The molecule has 0 unspecified atom stereocenters. The smallest absolute Gasteiger partial charge is 0.246 e. The number of nitrogens with one attached hydrogen (secondary N) is 2. The van der Waals surface area contributed by atoms with Gasteiger partial charge < -0.3 is 25.2 Å². The summed E-state index contributed by atoms with van der Waals surface area (Å²) in [5, 5.41) is 6.24. The molecule has 0 radical (unpaired) electrons. The van der Waals surface area contributed by atoms with Crippen LogP contribution in [-0.4, -0.2) is 71.4 Å². The highest BCUT2D eigenvalue weighted by Crippen LogP contribution is 2.55. The van der Waals surface area contributed by atoms with Gasteiger partial charge in [-0.15, -0.1) is 0 Å². The highest BCUT2D eigenvalue weighted by Gasteiger charge is 2.72. The molecule has 1 spiro atoms. The van der Waals surface area contributed by atoms with E-state index in [1.54, 1.807) is 4.90 Å². The van der Waals surface area contributed by atoms with Gasteiger partial charge in [-0.2, -0.15) is 0 Å². The number of likely N-dealkylation sites (tertiary alicyclic amines) is 1. The molecular weight excluding hydrogens is 596 g/mol. The lowest BCUT2D eigenvalue weighted by atomic mass is 9.74. The first-order valence-electron chi connectivity index (χ1n) is 15.1. The summed E-state index contributed by atoms with van der Waals surface area (Å²) < 4.78 is 7.40.